The zero-order chi connectivity index (χ0) is 14.6. The Hall–Kier alpha value is -0.380. The fraction of sp³-hybridized carbons (Fsp3) is 0.647. The first kappa shape index (κ1) is 16.0. The molecule has 0 amide bonds. The summed E-state index contributed by atoms with van der Waals surface area (Å²) >= 11 is 3.69. The van der Waals surface area contributed by atoms with Crippen molar-refractivity contribution >= 4 is 15.9 Å². The molecule has 1 atom stereocenters. The minimum atomic E-state index is 0.294. The zero-order valence-electron chi connectivity index (χ0n) is 13.0. The van der Waals surface area contributed by atoms with E-state index >= 15 is 0 Å². The van der Waals surface area contributed by atoms with Gasteiger partial charge in [0.2, 0.25) is 0 Å². The molecule has 2 nitrogen and oxygen atoms in total. The molecule has 1 aliphatic carbocycles. The van der Waals surface area contributed by atoms with Crippen LogP contribution in [0.15, 0.2) is 28.7 Å². The van der Waals surface area contributed by atoms with Crippen LogP contribution in [-0.2, 0) is 6.42 Å². The Morgan fingerprint density at radius 2 is 1.85 bits per heavy atom. The Balaban J connectivity index is 2.23. The van der Waals surface area contributed by atoms with Crippen LogP contribution < -0.4 is 5.32 Å². The molecule has 112 valence electrons. The highest BCUT2D eigenvalue weighted by atomic mass is 79.9. The lowest BCUT2D eigenvalue weighted by molar-refractivity contribution is 0.0598. The topological polar surface area (TPSA) is 15.3 Å². The summed E-state index contributed by atoms with van der Waals surface area (Å²) in [6.07, 6.45) is 7.78. The molecule has 0 radical (unpaired) electrons. The van der Waals surface area contributed by atoms with Crippen molar-refractivity contribution in [2.24, 2.45) is 0 Å². The summed E-state index contributed by atoms with van der Waals surface area (Å²) in [6.45, 7) is 0. The van der Waals surface area contributed by atoms with Gasteiger partial charge in [-0.15, -0.1) is 0 Å². The van der Waals surface area contributed by atoms with Crippen molar-refractivity contribution in [3.8, 4) is 0 Å². The quantitative estimate of drug-likeness (QED) is 0.877. The van der Waals surface area contributed by atoms with E-state index in [1.54, 1.807) is 0 Å². The monoisotopic (exact) mass is 338 g/mol. The second-order valence-corrected chi connectivity index (χ2v) is 7.05. The van der Waals surface area contributed by atoms with Crippen molar-refractivity contribution in [1.82, 2.24) is 10.2 Å². The molecule has 0 saturated heterocycles. The molecular formula is C17H27BrN2. The number of hydrogen-bond acceptors (Lipinski definition) is 2. The fourth-order valence-corrected chi connectivity index (χ4v) is 4.16. The van der Waals surface area contributed by atoms with Gasteiger partial charge in [0, 0.05) is 16.1 Å². The third-order valence-corrected chi connectivity index (χ3v) is 5.76. The molecule has 1 N–H and O–H groups in total. The van der Waals surface area contributed by atoms with Gasteiger partial charge in [-0.3, -0.25) is 0 Å². The van der Waals surface area contributed by atoms with Crippen molar-refractivity contribution in [1.29, 1.82) is 0 Å². The number of benzene rings is 1. The van der Waals surface area contributed by atoms with Crippen LogP contribution in [0.1, 0.15) is 37.7 Å². The maximum atomic E-state index is 3.69. The van der Waals surface area contributed by atoms with Gasteiger partial charge in [0.25, 0.3) is 0 Å². The standard InChI is InChI=1S/C17H27BrN2/c1-19-16(13-14-9-5-6-10-15(14)18)17(20(2)3)11-7-4-8-12-17/h5-6,9-10,16,19H,4,7-8,11-13H2,1-3H3. The van der Waals surface area contributed by atoms with Crippen LogP contribution in [0.5, 0.6) is 0 Å². The van der Waals surface area contributed by atoms with Crippen LogP contribution in [0.25, 0.3) is 0 Å². The highest BCUT2D eigenvalue weighted by molar-refractivity contribution is 9.10. The predicted octanol–water partition coefficient (Wildman–Crippen LogP) is 3.84. The van der Waals surface area contributed by atoms with Gasteiger partial charge in [0.15, 0.2) is 0 Å². The Kier molecular flexibility index (Phi) is 5.65. The molecule has 0 aliphatic heterocycles. The maximum Gasteiger partial charge on any atom is 0.0359 e. The third-order valence-electron chi connectivity index (χ3n) is 4.99. The number of hydrogen-bond donors (Lipinski definition) is 1. The molecule has 1 aliphatic rings. The smallest absolute Gasteiger partial charge is 0.0359 e. The number of likely N-dealkylation sites (N-methyl/N-ethyl adjacent to an activating group) is 2. The summed E-state index contributed by atoms with van der Waals surface area (Å²) in [5.74, 6) is 0. The molecular weight excluding hydrogens is 312 g/mol. The van der Waals surface area contributed by atoms with Gasteiger partial charge in [-0.25, -0.2) is 0 Å². The van der Waals surface area contributed by atoms with Crippen LogP contribution in [0.2, 0.25) is 0 Å². The van der Waals surface area contributed by atoms with E-state index < -0.39 is 0 Å². The highest BCUT2D eigenvalue weighted by Crippen LogP contribution is 2.36. The normalized spacial score (nSPS) is 20.1. The average molecular weight is 339 g/mol. The van der Waals surface area contributed by atoms with Crippen molar-refractivity contribution in [2.75, 3.05) is 21.1 Å². The second-order valence-electron chi connectivity index (χ2n) is 6.20. The van der Waals surface area contributed by atoms with Crippen LogP contribution in [0.3, 0.4) is 0 Å². The molecule has 1 unspecified atom stereocenters. The molecule has 20 heavy (non-hydrogen) atoms. The largest absolute Gasteiger partial charge is 0.315 e. The molecule has 0 heterocycles. The van der Waals surface area contributed by atoms with Gasteiger partial charge in [-0.2, -0.15) is 0 Å². The lowest BCUT2D eigenvalue weighted by Crippen LogP contribution is -2.60. The van der Waals surface area contributed by atoms with Gasteiger partial charge in [0.1, 0.15) is 0 Å². The number of halogens is 1. The van der Waals surface area contributed by atoms with Gasteiger partial charge in [0.05, 0.1) is 0 Å². The third kappa shape index (κ3) is 3.26. The summed E-state index contributed by atoms with van der Waals surface area (Å²) in [5.41, 5.74) is 1.70. The number of nitrogens with zero attached hydrogens (tertiary/aromatic N) is 1. The minimum Gasteiger partial charge on any atom is -0.315 e. The second kappa shape index (κ2) is 7.06. The summed E-state index contributed by atoms with van der Waals surface area (Å²) in [6, 6.07) is 9.10. The number of nitrogens with one attached hydrogen (secondary N) is 1. The summed E-state index contributed by atoms with van der Waals surface area (Å²) in [5, 5.41) is 3.61. The van der Waals surface area contributed by atoms with Crippen molar-refractivity contribution in [3.05, 3.63) is 34.3 Å². The van der Waals surface area contributed by atoms with Gasteiger partial charge in [-0.05, 0) is 52.0 Å². The van der Waals surface area contributed by atoms with Crippen molar-refractivity contribution in [2.45, 2.75) is 50.1 Å². The lowest BCUT2D eigenvalue weighted by atomic mass is 9.73. The van der Waals surface area contributed by atoms with Crippen LogP contribution in [0, 0.1) is 0 Å². The van der Waals surface area contributed by atoms with Crippen LogP contribution in [-0.4, -0.2) is 37.6 Å². The van der Waals surface area contributed by atoms with E-state index in [2.05, 4.69) is 71.6 Å². The molecule has 0 aromatic heterocycles. The lowest BCUT2D eigenvalue weighted by Gasteiger charge is -2.48. The van der Waals surface area contributed by atoms with Gasteiger partial charge < -0.3 is 10.2 Å². The van der Waals surface area contributed by atoms with E-state index in [9.17, 15) is 0 Å². The van der Waals surface area contributed by atoms with E-state index in [1.807, 2.05) is 0 Å². The fourth-order valence-electron chi connectivity index (χ4n) is 3.72. The molecule has 1 saturated carbocycles. The summed E-state index contributed by atoms with van der Waals surface area (Å²) in [7, 11) is 6.60. The maximum absolute atomic E-state index is 3.69. The predicted molar refractivity (Wildman–Crippen MR) is 90.2 cm³/mol. The number of rotatable bonds is 5. The molecule has 0 spiro atoms. The Morgan fingerprint density at radius 1 is 1.20 bits per heavy atom. The SMILES string of the molecule is CNC(Cc1ccccc1Br)C1(N(C)C)CCCCC1. The first-order valence-corrected chi connectivity index (χ1v) is 8.47. The summed E-state index contributed by atoms with van der Waals surface area (Å²) in [4.78, 5) is 2.46. The van der Waals surface area contributed by atoms with Crippen LogP contribution >= 0.6 is 15.9 Å². The molecule has 0 bridgehead atoms. The summed E-state index contributed by atoms with van der Waals surface area (Å²) < 4.78 is 1.23. The van der Waals surface area contributed by atoms with Crippen molar-refractivity contribution < 1.29 is 0 Å². The van der Waals surface area contributed by atoms with E-state index in [4.69, 9.17) is 0 Å². The van der Waals surface area contributed by atoms with Gasteiger partial charge in [-0.1, -0.05) is 53.4 Å². The molecule has 1 aromatic rings. The van der Waals surface area contributed by atoms with Gasteiger partial charge >= 0.3 is 0 Å². The molecule has 3 heteroatoms. The zero-order valence-corrected chi connectivity index (χ0v) is 14.5. The molecule has 2 rings (SSSR count). The highest BCUT2D eigenvalue weighted by Gasteiger charge is 2.40. The van der Waals surface area contributed by atoms with E-state index in [0.29, 0.717) is 11.6 Å². The molecule has 1 aromatic carbocycles. The Bertz CT molecular complexity index is 425. The first-order chi connectivity index (χ1) is 9.60. The molecule has 1 fully saturated rings. The Morgan fingerprint density at radius 3 is 2.40 bits per heavy atom. The minimum absolute atomic E-state index is 0.294. The van der Waals surface area contributed by atoms with E-state index in [1.165, 1.54) is 42.1 Å². The Labute approximate surface area is 132 Å². The van der Waals surface area contributed by atoms with Crippen molar-refractivity contribution in [3.63, 3.8) is 0 Å². The average Bonchev–Trinajstić information content (AvgIpc) is 2.47. The first-order valence-electron chi connectivity index (χ1n) is 7.68. The van der Waals surface area contributed by atoms with E-state index in [-0.39, 0.29) is 0 Å². The van der Waals surface area contributed by atoms with Crippen LogP contribution in [0.4, 0.5) is 0 Å². The van der Waals surface area contributed by atoms with E-state index in [0.717, 1.165) is 6.42 Å².